The van der Waals surface area contributed by atoms with Crippen LogP contribution in [-0.4, -0.2) is 23.9 Å². The summed E-state index contributed by atoms with van der Waals surface area (Å²) in [6.07, 6.45) is 1.69. The van der Waals surface area contributed by atoms with Crippen LogP contribution in [0.2, 0.25) is 5.02 Å². The summed E-state index contributed by atoms with van der Waals surface area (Å²) in [4.78, 5) is 33.1. The van der Waals surface area contributed by atoms with Crippen LogP contribution < -0.4 is 24.4 Å². The lowest BCUT2D eigenvalue weighted by Gasteiger charge is -2.26. The molecule has 43 heavy (non-hydrogen) atoms. The van der Waals surface area contributed by atoms with Crippen LogP contribution in [0.15, 0.2) is 105 Å². The highest BCUT2D eigenvalue weighted by atomic mass is 35.5. The highest BCUT2D eigenvalue weighted by Gasteiger charge is 2.36. The van der Waals surface area contributed by atoms with E-state index in [0.717, 1.165) is 11.1 Å². The molecule has 3 aromatic carbocycles. The average molecular weight is 611 g/mol. The average Bonchev–Trinajstić information content (AvgIpc) is 3.76. The number of nitrogens with zero attached hydrogens (tertiary/aromatic N) is 2. The minimum absolute atomic E-state index is 0.0958. The molecule has 0 bridgehead atoms. The Bertz CT molecular complexity index is 2080. The zero-order valence-corrected chi connectivity index (χ0v) is 24.4. The lowest BCUT2D eigenvalue weighted by Crippen LogP contribution is -2.40. The van der Waals surface area contributed by atoms with Gasteiger partial charge < -0.3 is 18.6 Å². The predicted molar refractivity (Wildman–Crippen MR) is 163 cm³/mol. The van der Waals surface area contributed by atoms with Crippen molar-refractivity contribution in [2.24, 2.45) is 4.99 Å². The van der Waals surface area contributed by atoms with E-state index >= 15 is 0 Å². The van der Waals surface area contributed by atoms with E-state index in [1.54, 1.807) is 43.3 Å². The molecule has 2 aromatic heterocycles. The molecule has 2 aliphatic rings. The topological polar surface area (TPSA) is 92.3 Å². The summed E-state index contributed by atoms with van der Waals surface area (Å²) < 4.78 is 24.7. The first-order chi connectivity index (χ1) is 21.0. The Morgan fingerprint density at radius 2 is 1.81 bits per heavy atom. The van der Waals surface area contributed by atoms with Gasteiger partial charge in [0.15, 0.2) is 16.3 Å². The Kier molecular flexibility index (Phi) is 6.96. The molecule has 10 heteroatoms. The van der Waals surface area contributed by atoms with Crippen LogP contribution in [0.4, 0.5) is 0 Å². The largest absolute Gasteiger partial charge is 0.463 e. The zero-order valence-electron chi connectivity index (χ0n) is 22.8. The first-order valence-electron chi connectivity index (χ1n) is 13.5. The molecule has 0 amide bonds. The summed E-state index contributed by atoms with van der Waals surface area (Å²) >= 11 is 7.25. The maximum atomic E-state index is 14.1. The Morgan fingerprint density at radius 3 is 2.60 bits per heavy atom. The van der Waals surface area contributed by atoms with E-state index in [2.05, 4.69) is 0 Å². The molecular weight excluding hydrogens is 588 g/mol. The smallest absolute Gasteiger partial charge is 0.338 e. The van der Waals surface area contributed by atoms with Crippen LogP contribution in [0, 0.1) is 0 Å². The second-order valence-electron chi connectivity index (χ2n) is 9.75. The van der Waals surface area contributed by atoms with E-state index in [1.165, 1.54) is 15.9 Å². The molecule has 0 spiro atoms. The normalized spacial score (nSPS) is 15.8. The fourth-order valence-electron chi connectivity index (χ4n) is 5.17. The van der Waals surface area contributed by atoms with Gasteiger partial charge in [0.25, 0.3) is 5.56 Å². The summed E-state index contributed by atoms with van der Waals surface area (Å²) in [5, 5.41) is 0.630. The third kappa shape index (κ3) is 4.96. The second kappa shape index (κ2) is 11.1. The number of hydrogen-bond acceptors (Lipinski definition) is 8. The summed E-state index contributed by atoms with van der Waals surface area (Å²) in [6, 6.07) is 24.9. The molecule has 1 atom stereocenters. The molecular formula is C33H23ClN2O6S. The van der Waals surface area contributed by atoms with Gasteiger partial charge in [-0.25, -0.2) is 9.79 Å². The van der Waals surface area contributed by atoms with Crippen LogP contribution in [0.25, 0.3) is 23.1 Å². The summed E-state index contributed by atoms with van der Waals surface area (Å²) in [7, 11) is 0. The van der Waals surface area contributed by atoms with Crippen LogP contribution in [0.5, 0.6) is 11.5 Å². The van der Waals surface area contributed by atoms with Crippen molar-refractivity contribution in [1.82, 2.24) is 4.57 Å². The number of hydrogen-bond donors (Lipinski definition) is 0. The first kappa shape index (κ1) is 27.0. The number of benzene rings is 3. The van der Waals surface area contributed by atoms with E-state index in [0.29, 0.717) is 48.6 Å². The van der Waals surface area contributed by atoms with Crippen molar-refractivity contribution in [2.75, 3.05) is 13.4 Å². The number of ether oxygens (including phenoxy) is 3. The number of aromatic nitrogens is 1. The van der Waals surface area contributed by atoms with Gasteiger partial charge in [0.05, 0.1) is 28.5 Å². The minimum atomic E-state index is -0.830. The van der Waals surface area contributed by atoms with Crippen LogP contribution in [0.3, 0.4) is 0 Å². The van der Waals surface area contributed by atoms with Gasteiger partial charge in [0.1, 0.15) is 11.5 Å². The monoisotopic (exact) mass is 610 g/mol. The number of furan rings is 1. The minimum Gasteiger partial charge on any atom is -0.463 e. The SMILES string of the molecule is CCOC(=O)C1=C(c2ccccc2)N=c2s/c(=C\c3ccc(-c4ccc(Cl)cc4)o3)c(=O)n2C1c1ccc2c(c1)OCO2. The van der Waals surface area contributed by atoms with Gasteiger partial charge in [-0.2, -0.15) is 0 Å². The van der Waals surface area contributed by atoms with Crippen molar-refractivity contribution in [3.05, 3.63) is 132 Å². The van der Waals surface area contributed by atoms with Gasteiger partial charge in [0.2, 0.25) is 6.79 Å². The van der Waals surface area contributed by atoms with E-state index in [-0.39, 0.29) is 24.5 Å². The molecule has 0 radical (unpaired) electrons. The number of esters is 1. The molecule has 1 unspecified atom stereocenters. The van der Waals surface area contributed by atoms with Crippen molar-refractivity contribution >= 4 is 40.7 Å². The molecule has 214 valence electrons. The fraction of sp³-hybridized carbons (Fsp3) is 0.121. The fourth-order valence-corrected chi connectivity index (χ4v) is 6.27. The number of fused-ring (bicyclic) bond motifs is 2. The van der Waals surface area contributed by atoms with Crippen molar-refractivity contribution in [3.8, 4) is 22.8 Å². The first-order valence-corrected chi connectivity index (χ1v) is 14.7. The summed E-state index contributed by atoms with van der Waals surface area (Å²) in [6.45, 7) is 2.00. The Labute approximate surface area is 254 Å². The number of rotatable bonds is 6. The van der Waals surface area contributed by atoms with Crippen molar-refractivity contribution in [1.29, 1.82) is 0 Å². The maximum Gasteiger partial charge on any atom is 0.338 e. The molecule has 4 heterocycles. The molecule has 7 rings (SSSR count). The van der Waals surface area contributed by atoms with Crippen molar-refractivity contribution in [2.45, 2.75) is 13.0 Å². The third-order valence-corrected chi connectivity index (χ3v) is 8.35. The van der Waals surface area contributed by atoms with Gasteiger partial charge in [-0.3, -0.25) is 9.36 Å². The van der Waals surface area contributed by atoms with Crippen LogP contribution in [-0.2, 0) is 9.53 Å². The Balaban J connectivity index is 1.43. The predicted octanol–water partition coefficient (Wildman–Crippen LogP) is 5.58. The summed E-state index contributed by atoms with van der Waals surface area (Å²) in [5.41, 5.74) is 2.63. The van der Waals surface area contributed by atoms with Gasteiger partial charge in [-0.15, -0.1) is 0 Å². The second-order valence-corrected chi connectivity index (χ2v) is 11.2. The van der Waals surface area contributed by atoms with Gasteiger partial charge >= 0.3 is 5.97 Å². The van der Waals surface area contributed by atoms with Gasteiger partial charge in [-0.05, 0) is 61.0 Å². The molecule has 0 aliphatic carbocycles. The van der Waals surface area contributed by atoms with E-state index in [4.69, 9.17) is 35.2 Å². The van der Waals surface area contributed by atoms with E-state index in [1.807, 2.05) is 54.6 Å². The standard InChI is InChI=1S/C33H23ClN2O6S/c1-2-39-32(38)28-29(20-6-4-3-5-7-20)35-33-36(30(28)21-10-14-25-26(16-21)41-18-40-25)31(37)27(43-33)17-23-13-15-24(42-23)19-8-11-22(34)12-9-19/h3-17,30H,2,18H2,1H3/b27-17-. The van der Waals surface area contributed by atoms with Crippen molar-refractivity contribution in [3.63, 3.8) is 0 Å². The molecule has 0 saturated heterocycles. The molecule has 0 N–H and O–H groups in total. The molecule has 0 saturated carbocycles. The molecule has 5 aromatic rings. The molecule has 8 nitrogen and oxygen atoms in total. The van der Waals surface area contributed by atoms with Gasteiger partial charge in [-0.1, -0.05) is 59.3 Å². The Hall–Kier alpha value is -4.86. The van der Waals surface area contributed by atoms with Gasteiger partial charge in [0, 0.05) is 22.2 Å². The highest BCUT2D eigenvalue weighted by molar-refractivity contribution is 7.07. The quantitative estimate of drug-likeness (QED) is 0.233. The number of carbonyl (C=O) groups is 1. The maximum absolute atomic E-state index is 14.1. The van der Waals surface area contributed by atoms with E-state index < -0.39 is 12.0 Å². The number of carbonyl (C=O) groups excluding carboxylic acids is 1. The Morgan fingerprint density at radius 1 is 1.02 bits per heavy atom. The summed E-state index contributed by atoms with van der Waals surface area (Å²) in [5.74, 6) is 1.72. The van der Waals surface area contributed by atoms with E-state index in [9.17, 15) is 9.59 Å². The lowest BCUT2D eigenvalue weighted by molar-refractivity contribution is -0.138. The highest BCUT2D eigenvalue weighted by Crippen LogP contribution is 2.40. The number of halogens is 1. The number of thiazole rings is 1. The van der Waals surface area contributed by atoms with Crippen LogP contribution in [0.1, 0.15) is 29.9 Å². The van der Waals surface area contributed by atoms with Crippen molar-refractivity contribution < 1.29 is 23.4 Å². The molecule has 2 aliphatic heterocycles. The zero-order chi connectivity index (χ0) is 29.5. The third-order valence-electron chi connectivity index (χ3n) is 7.11. The lowest BCUT2D eigenvalue weighted by atomic mass is 9.93. The molecule has 0 fully saturated rings. The van der Waals surface area contributed by atoms with Crippen LogP contribution >= 0.6 is 22.9 Å².